The van der Waals surface area contributed by atoms with E-state index in [1.807, 2.05) is 49.4 Å². The van der Waals surface area contributed by atoms with Gasteiger partial charge in [0.1, 0.15) is 36.1 Å². The molecule has 0 aliphatic heterocycles. The lowest BCUT2D eigenvalue weighted by Crippen LogP contribution is -2.15. The fourth-order valence-corrected chi connectivity index (χ4v) is 8.12. The molecule has 5 N–H and O–H groups in total. The number of ketones is 2. The third-order valence-electron chi connectivity index (χ3n) is 11.7. The molecule has 19 nitrogen and oxygen atoms in total. The number of anilines is 2. The van der Waals surface area contributed by atoms with Crippen LogP contribution in [0.15, 0.2) is 109 Å². The third-order valence-corrected chi connectivity index (χ3v) is 11.7. The van der Waals surface area contributed by atoms with Crippen molar-refractivity contribution in [2.75, 3.05) is 118 Å². The van der Waals surface area contributed by atoms with Crippen molar-refractivity contribution in [2.24, 2.45) is 0 Å². The maximum absolute atomic E-state index is 14.1. The Balaban J connectivity index is 0.705. The number of rotatable bonds is 31. The lowest BCUT2D eigenvalue weighted by molar-refractivity contribution is -0.0187. The normalized spacial score (nSPS) is 11.3. The molecule has 0 saturated heterocycles. The molecule has 0 aliphatic carbocycles. The molecule has 7 rings (SSSR count). The average molecular weight is 1020 g/mol. The minimum atomic E-state index is -1.23. The third kappa shape index (κ3) is 13.2. The van der Waals surface area contributed by atoms with E-state index in [4.69, 9.17) is 58.8 Å². The molecule has 0 fully saturated rings. The van der Waals surface area contributed by atoms with Crippen molar-refractivity contribution in [3.8, 4) is 28.4 Å². The van der Waals surface area contributed by atoms with Gasteiger partial charge in [-0.3, -0.25) is 9.59 Å². The van der Waals surface area contributed by atoms with Gasteiger partial charge in [-0.25, -0.2) is 9.59 Å². The highest BCUT2D eigenvalue weighted by Gasteiger charge is 2.28. The summed E-state index contributed by atoms with van der Waals surface area (Å²) in [7, 11) is 2.80. The lowest BCUT2D eigenvalue weighted by Gasteiger charge is -2.11. The Hall–Kier alpha value is -7.78. The summed E-state index contributed by atoms with van der Waals surface area (Å²) in [5.74, 6) is -0.866. The summed E-state index contributed by atoms with van der Waals surface area (Å²) in [4.78, 5) is 51.7. The monoisotopic (exact) mass is 1020 g/mol. The van der Waals surface area contributed by atoms with Crippen LogP contribution < -0.4 is 25.7 Å². The van der Waals surface area contributed by atoms with E-state index >= 15 is 0 Å². The number of hydrogen-bond donors (Lipinski definition) is 3. The Kier molecular flexibility index (Phi) is 19.5. The number of nitrogens with two attached hydrogens (primary N) is 2. The molecule has 0 radical (unpaired) electrons. The molecule has 0 aliphatic rings. The summed E-state index contributed by atoms with van der Waals surface area (Å²) in [6.07, 6.45) is 3.55. The molecular weight excluding hydrogens is 957 g/mol. The van der Waals surface area contributed by atoms with Crippen molar-refractivity contribution in [1.29, 1.82) is 0 Å². The molecule has 4 heterocycles. The van der Waals surface area contributed by atoms with Gasteiger partial charge in [0.15, 0.2) is 5.75 Å². The van der Waals surface area contributed by atoms with Crippen LogP contribution in [-0.4, -0.2) is 144 Å². The summed E-state index contributed by atoms with van der Waals surface area (Å²) in [5.41, 5.74) is 16.6. The minimum absolute atomic E-state index is 0.0635. The van der Waals surface area contributed by atoms with Crippen molar-refractivity contribution in [3.05, 3.63) is 149 Å². The van der Waals surface area contributed by atoms with Crippen LogP contribution >= 0.6 is 0 Å². The van der Waals surface area contributed by atoms with Gasteiger partial charge in [-0.05, 0) is 85.3 Å². The number of carboxylic acids is 1. The van der Waals surface area contributed by atoms with E-state index in [0.717, 1.165) is 5.52 Å². The van der Waals surface area contributed by atoms with Crippen LogP contribution in [0.3, 0.4) is 0 Å². The van der Waals surface area contributed by atoms with E-state index < -0.39 is 17.7 Å². The van der Waals surface area contributed by atoms with Crippen LogP contribution in [0.25, 0.3) is 22.2 Å². The second kappa shape index (κ2) is 26.8. The molecular formula is C55H60N4O15. The van der Waals surface area contributed by atoms with Crippen LogP contribution in [0.2, 0.25) is 0 Å². The van der Waals surface area contributed by atoms with Crippen LogP contribution in [-0.2, 0) is 33.2 Å². The largest absolute Gasteiger partial charge is 0.494 e. The molecule has 0 bridgehead atoms. The smallest absolute Gasteiger partial charge is 0.339 e. The van der Waals surface area contributed by atoms with Crippen molar-refractivity contribution in [1.82, 2.24) is 8.80 Å². The van der Waals surface area contributed by atoms with Gasteiger partial charge in [-0.15, -0.1) is 0 Å². The summed E-state index contributed by atoms with van der Waals surface area (Å²) in [5, 5.41) is 9.62. The van der Waals surface area contributed by atoms with Gasteiger partial charge in [0, 0.05) is 40.5 Å². The molecule has 7 aromatic rings. The van der Waals surface area contributed by atoms with Crippen molar-refractivity contribution >= 4 is 45.9 Å². The number of aromatic carboxylic acids is 1. The molecule has 0 saturated carbocycles. The van der Waals surface area contributed by atoms with Crippen LogP contribution in [0.5, 0.6) is 17.2 Å². The number of carbonyl (C=O) groups is 4. The lowest BCUT2D eigenvalue weighted by atomic mass is 9.98. The number of esters is 1. The molecule has 74 heavy (non-hydrogen) atoms. The van der Waals surface area contributed by atoms with Gasteiger partial charge < -0.3 is 72.7 Å². The van der Waals surface area contributed by atoms with Gasteiger partial charge in [-0.1, -0.05) is 24.3 Å². The average Bonchev–Trinajstić information content (AvgIpc) is 3.91. The Morgan fingerprint density at radius 2 is 0.959 bits per heavy atom. The molecule has 0 amide bonds. The summed E-state index contributed by atoms with van der Waals surface area (Å²) >= 11 is 0. The Bertz CT molecular complexity index is 3040. The van der Waals surface area contributed by atoms with E-state index in [0.29, 0.717) is 142 Å². The molecule has 19 heteroatoms. The van der Waals surface area contributed by atoms with E-state index in [1.54, 1.807) is 45.5 Å². The summed E-state index contributed by atoms with van der Waals surface area (Å²) in [6, 6.07) is 27.1. The van der Waals surface area contributed by atoms with E-state index in [1.165, 1.54) is 44.6 Å². The number of fused-ring (bicyclic) bond motifs is 2. The van der Waals surface area contributed by atoms with Gasteiger partial charge in [0.2, 0.25) is 11.6 Å². The SMILES string of the molecule is COC(=O)c1cc(C(=O)c2c(C)c(OCCOCCOCCOCCOCCOCCOCCOc3ccc(-c4c(OC)c5ccccn5c4C(=O)c4ccc(N)c(C(=O)O)c4)cc3)c3ccccn23)ccc1N. The molecule has 3 aromatic carbocycles. The number of carbonyl (C=O) groups excluding carboxylic acids is 3. The summed E-state index contributed by atoms with van der Waals surface area (Å²) < 4.78 is 59.8. The first-order chi connectivity index (χ1) is 36.0. The molecule has 4 aromatic heterocycles. The highest BCUT2D eigenvalue weighted by Crippen LogP contribution is 2.41. The zero-order chi connectivity index (χ0) is 52.4. The maximum Gasteiger partial charge on any atom is 0.339 e. The summed E-state index contributed by atoms with van der Waals surface area (Å²) in [6.45, 7) is 7.04. The predicted molar refractivity (Wildman–Crippen MR) is 274 cm³/mol. The van der Waals surface area contributed by atoms with Crippen LogP contribution in [0, 0.1) is 6.92 Å². The number of nitrogens with zero attached hydrogens (tertiary/aromatic N) is 2. The topological polar surface area (TPSA) is 242 Å². The number of methoxy groups -OCH3 is 2. The van der Waals surface area contributed by atoms with Crippen LogP contribution in [0.1, 0.15) is 58.4 Å². The predicted octanol–water partition coefficient (Wildman–Crippen LogP) is 6.84. The fourth-order valence-electron chi connectivity index (χ4n) is 8.12. The van der Waals surface area contributed by atoms with Gasteiger partial charge in [0.05, 0.1) is 121 Å². The minimum Gasteiger partial charge on any atom is -0.494 e. The van der Waals surface area contributed by atoms with Crippen molar-refractivity contribution in [3.63, 3.8) is 0 Å². The number of nitrogen functional groups attached to an aromatic ring is 2. The molecule has 0 spiro atoms. The van der Waals surface area contributed by atoms with Crippen molar-refractivity contribution < 1.29 is 71.7 Å². The van der Waals surface area contributed by atoms with Gasteiger partial charge in [-0.2, -0.15) is 0 Å². The first-order valence-electron chi connectivity index (χ1n) is 23.8. The molecule has 390 valence electrons. The fraction of sp³-hybridized carbons (Fsp3) is 0.309. The quantitative estimate of drug-likeness (QED) is 0.0174. The zero-order valence-corrected chi connectivity index (χ0v) is 41.5. The Morgan fingerprint density at radius 1 is 0.514 bits per heavy atom. The van der Waals surface area contributed by atoms with Gasteiger partial charge >= 0.3 is 11.9 Å². The highest BCUT2D eigenvalue weighted by molar-refractivity contribution is 6.15. The molecule has 0 unspecified atom stereocenters. The number of aromatic nitrogens is 2. The highest BCUT2D eigenvalue weighted by atomic mass is 16.6. The second-order valence-corrected chi connectivity index (χ2v) is 16.4. The van der Waals surface area contributed by atoms with E-state index in [-0.39, 0.29) is 40.5 Å². The Morgan fingerprint density at radius 3 is 1.46 bits per heavy atom. The Labute approximate surface area is 427 Å². The van der Waals surface area contributed by atoms with Crippen molar-refractivity contribution in [2.45, 2.75) is 6.92 Å². The second-order valence-electron chi connectivity index (χ2n) is 16.4. The van der Waals surface area contributed by atoms with E-state index in [9.17, 15) is 24.3 Å². The number of benzene rings is 3. The number of hydrogen-bond acceptors (Lipinski definition) is 16. The maximum atomic E-state index is 14.1. The number of carboxylic acid groups (broad SMARTS) is 1. The first-order valence-corrected chi connectivity index (χ1v) is 23.8. The van der Waals surface area contributed by atoms with E-state index in [2.05, 4.69) is 0 Å². The molecule has 0 atom stereocenters. The zero-order valence-electron chi connectivity index (χ0n) is 41.5. The first kappa shape index (κ1) is 54.0. The van der Waals surface area contributed by atoms with Gasteiger partial charge in [0.25, 0.3) is 0 Å². The number of pyridine rings is 2. The standard InChI is InChI=1S/C55H60N4O15/c1-36-48(50(60)39-13-17-44(57)42(35-39)55(64)66-3)58-18-6-4-8-45(58)52(36)74-33-31-72-29-27-70-25-23-68-21-20-67-22-24-69-26-28-71-30-32-73-40-14-10-37(11-15-40)47-49(59-19-7-5-9-46(59)53(47)65-2)51(61)38-12-16-43(56)41(34-38)54(62)63/h4-19,34-35H,20-33,56-57H2,1-3H3,(H,62,63). The number of ether oxygens (including phenoxy) is 10. The van der Waals surface area contributed by atoms with Crippen LogP contribution in [0.4, 0.5) is 11.4 Å².